The molecule has 24 heavy (non-hydrogen) atoms. The zero-order valence-electron chi connectivity index (χ0n) is 13.6. The minimum atomic E-state index is -0.607. The zero-order valence-corrected chi connectivity index (χ0v) is 13.6. The molecule has 3 rings (SSSR count). The molecule has 0 bridgehead atoms. The molecular weight excluding hydrogens is 303 g/mol. The van der Waals surface area contributed by atoms with Crippen LogP contribution in [0.15, 0.2) is 48.5 Å². The van der Waals surface area contributed by atoms with Gasteiger partial charge in [0.2, 0.25) is 5.91 Å². The molecule has 0 heterocycles. The van der Waals surface area contributed by atoms with Crippen molar-refractivity contribution in [3.05, 3.63) is 71.0 Å². The van der Waals surface area contributed by atoms with E-state index in [2.05, 4.69) is 6.07 Å². The Labute approximate surface area is 141 Å². The van der Waals surface area contributed by atoms with Crippen molar-refractivity contribution in [2.24, 2.45) is 0 Å². The van der Waals surface area contributed by atoms with Gasteiger partial charge in [-0.25, -0.2) is 4.39 Å². The van der Waals surface area contributed by atoms with Gasteiger partial charge in [0, 0.05) is 13.6 Å². The molecule has 0 saturated heterocycles. The van der Waals surface area contributed by atoms with Crippen molar-refractivity contribution in [2.45, 2.75) is 31.2 Å². The Morgan fingerprint density at radius 1 is 1.25 bits per heavy atom. The second-order valence-corrected chi connectivity index (χ2v) is 6.42. The molecule has 122 valence electrons. The summed E-state index contributed by atoms with van der Waals surface area (Å²) in [6.07, 6.45) is 2.47. The fraction of sp³-hybridized carbons (Fsp3) is 0.300. The maximum absolute atomic E-state index is 13.6. The normalized spacial score (nSPS) is 15.2. The Hall–Kier alpha value is -2.67. The van der Waals surface area contributed by atoms with Gasteiger partial charge in [-0.15, -0.1) is 0 Å². The quantitative estimate of drug-likeness (QED) is 0.860. The van der Waals surface area contributed by atoms with Gasteiger partial charge >= 0.3 is 0 Å². The molecular formula is C20H19FN2O. The Morgan fingerprint density at radius 3 is 2.62 bits per heavy atom. The average Bonchev–Trinajstić information content (AvgIpc) is 2.54. The molecule has 0 aromatic heterocycles. The van der Waals surface area contributed by atoms with Gasteiger partial charge in [-0.3, -0.25) is 4.79 Å². The molecule has 1 aliphatic carbocycles. The standard InChI is InChI=1S/C20H19FN2O/c1-23(14-16-6-2-5-15(11-16)13-22)19(24)20(9-4-10-20)17-7-3-8-18(21)12-17/h2-3,5-8,11-12H,4,9-10,14H2,1H3. The van der Waals surface area contributed by atoms with Gasteiger partial charge in [-0.2, -0.15) is 5.26 Å². The van der Waals surface area contributed by atoms with Gasteiger partial charge in [0.1, 0.15) is 5.82 Å². The van der Waals surface area contributed by atoms with E-state index in [1.54, 1.807) is 30.1 Å². The Bertz CT molecular complexity index is 805. The number of rotatable bonds is 4. The first-order valence-electron chi connectivity index (χ1n) is 8.06. The maximum Gasteiger partial charge on any atom is 0.233 e. The van der Waals surface area contributed by atoms with Crippen molar-refractivity contribution < 1.29 is 9.18 Å². The molecule has 3 nitrogen and oxygen atoms in total. The van der Waals surface area contributed by atoms with Crippen LogP contribution in [0, 0.1) is 17.1 Å². The van der Waals surface area contributed by atoms with Crippen molar-refractivity contribution in [1.29, 1.82) is 5.26 Å². The molecule has 4 heteroatoms. The van der Waals surface area contributed by atoms with E-state index in [0.717, 1.165) is 30.4 Å². The monoisotopic (exact) mass is 322 g/mol. The van der Waals surface area contributed by atoms with Crippen molar-refractivity contribution in [3.63, 3.8) is 0 Å². The molecule has 0 spiro atoms. The van der Waals surface area contributed by atoms with E-state index in [-0.39, 0.29) is 11.7 Å². The number of carbonyl (C=O) groups is 1. The fourth-order valence-electron chi connectivity index (χ4n) is 3.39. The van der Waals surface area contributed by atoms with Gasteiger partial charge in [0.05, 0.1) is 17.0 Å². The fourth-order valence-corrected chi connectivity index (χ4v) is 3.39. The molecule has 1 amide bonds. The van der Waals surface area contributed by atoms with E-state index in [9.17, 15) is 9.18 Å². The lowest BCUT2D eigenvalue weighted by molar-refractivity contribution is -0.140. The van der Waals surface area contributed by atoms with Gasteiger partial charge < -0.3 is 4.90 Å². The number of nitrogens with zero attached hydrogens (tertiary/aromatic N) is 2. The first-order chi connectivity index (χ1) is 11.5. The van der Waals surface area contributed by atoms with Gasteiger partial charge in [-0.05, 0) is 48.2 Å². The highest BCUT2D eigenvalue weighted by Gasteiger charge is 2.47. The largest absolute Gasteiger partial charge is 0.341 e. The van der Waals surface area contributed by atoms with E-state index >= 15 is 0 Å². The molecule has 0 radical (unpaired) electrons. The van der Waals surface area contributed by atoms with Crippen LogP contribution < -0.4 is 0 Å². The summed E-state index contributed by atoms with van der Waals surface area (Å²) in [5.41, 5.74) is 1.65. The minimum absolute atomic E-state index is 0.0155. The highest BCUT2D eigenvalue weighted by atomic mass is 19.1. The Morgan fingerprint density at radius 2 is 2.00 bits per heavy atom. The molecule has 0 unspecified atom stereocenters. The van der Waals surface area contributed by atoms with Crippen LogP contribution in [0.3, 0.4) is 0 Å². The van der Waals surface area contributed by atoms with E-state index < -0.39 is 5.41 Å². The van der Waals surface area contributed by atoms with Crippen LogP contribution >= 0.6 is 0 Å². The summed E-state index contributed by atoms with van der Waals surface area (Å²) in [6.45, 7) is 0.436. The third kappa shape index (κ3) is 2.90. The number of benzene rings is 2. The number of nitriles is 1. The lowest BCUT2D eigenvalue weighted by Crippen LogP contribution is -2.49. The number of halogens is 1. The summed E-state index contributed by atoms with van der Waals surface area (Å²) in [7, 11) is 1.76. The molecule has 0 atom stereocenters. The molecule has 0 N–H and O–H groups in total. The second kappa shape index (κ2) is 6.45. The van der Waals surface area contributed by atoms with Gasteiger partial charge in [0.25, 0.3) is 0 Å². The van der Waals surface area contributed by atoms with Crippen LogP contribution in [0.1, 0.15) is 36.0 Å². The highest BCUT2D eigenvalue weighted by molar-refractivity contribution is 5.89. The summed E-state index contributed by atoms with van der Waals surface area (Å²) in [5.74, 6) is -0.294. The van der Waals surface area contributed by atoms with Crippen molar-refractivity contribution in [2.75, 3.05) is 7.05 Å². The third-order valence-corrected chi connectivity index (χ3v) is 4.82. The molecule has 1 fully saturated rings. The molecule has 0 aliphatic heterocycles. The summed E-state index contributed by atoms with van der Waals surface area (Å²) in [6, 6.07) is 15.7. The lowest BCUT2D eigenvalue weighted by atomic mass is 9.63. The number of likely N-dealkylation sites (N-methyl/N-ethyl adjacent to an activating group) is 1. The summed E-state index contributed by atoms with van der Waals surface area (Å²) in [5, 5.41) is 8.99. The lowest BCUT2D eigenvalue weighted by Gasteiger charge is -2.43. The number of hydrogen-bond donors (Lipinski definition) is 0. The Kier molecular flexibility index (Phi) is 4.35. The van der Waals surface area contributed by atoms with Crippen LogP contribution in [-0.4, -0.2) is 17.9 Å². The van der Waals surface area contributed by atoms with Gasteiger partial charge in [-0.1, -0.05) is 30.7 Å². The summed E-state index contributed by atoms with van der Waals surface area (Å²) < 4.78 is 13.6. The van der Waals surface area contributed by atoms with Crippen LogP contribution in [0.25, 0.3) is 0 Å². The SMILES string of the molecule is CN(Cc1cccc(C#N)c1)C(=O)C1(c2cccc(F)c2)CCC1. The van der Waals surface area contributed by atoms with Crippen LogP contribution in [0.5, 0.6) is 0 Å². The van der Waals surface area contributed by atoms with Crippen molar-refractivity contribution >= 4 is 5.91 Å². The third-order valence-electron chi connectivity index (χ3n) is 4.82. The van der Waals surface area contributed by atoms with Crippen molar-refractivity contribution in [1.82, 2.24) is 4.90 Å². The first kappa shape index (κ1) is 16.2. The topological polar surface area (TPSA) is 44.1 Å². The Balaban J connectivity index is 1.82. The van der Waals surface area contributed by atoms with Gasteiger partial charge in [0.15, 0.2) is 0 Å². The molecule has 1 saturated carbocycles. The van der Waals surface area contributed by atoms with E-state index in [4.69, 9.17) is 5.26 Å². The maximum atomic E-state index is 13.6. The van der Waals surface area contributed by atoms with E-state index in [0.29, 0.717) is 12.1 Å². The molecule has 1 aliphatic rings. The van der Waals surface area contributed by atoms with E-state index in [1.807, 2.05) is 18.2 Å². The average molecular weight is 322 g/mol. The zero-order chi connectivity index (χ0) is 17.2. The molecule has 2 aromatic carbocycles. The van der Waals surface area contributed by atoms with Crippen LogP contribution in [0.4, 0.5) is 4.39 Å². The van der Waals surface area contributed by atoms with E-state index in [1.165, 1.54) is 12.1 Å². The summed E-state index contributed by atoms with van der Waals surface area (Å²) in [4.78, 5) is 14.7. The molecule has 2 aromatic rings. The second-order valence-electron chi connectivity index (χ2n) is 6.42. The van der Waals surface area contributed by atoms with Crippen molar-refractivity contribution in [3.8, 4) is 6.07 Å². The number of carbonyl (C=O) groups excluding carboxylic acids is 1. The smallest absolute Gasteiger partial charge is 0.233 e. The predicted molar refractivity (Wildman–Crippen MR) is 89.6 cm³/mol. The number of amides is 1. The predicted octanol–water partition coefficient (Wildman–Crippen LogP) is 3.78. The summed E-state index contributed by atoms with van der Waals surface area (Å²) >= 11 is 0. The number of hydrogen-bond acceptors (Lipinski definition) is 2. The highest BCUT2D eigenvalue weighted by Crippen LogP contribution is 2.45. The first-order valence-corrected chi connectivity index (χ1v) is 8.06. The van der Waals surface area contributed by atoms with Crippen LogP contribution in [-0.2, 0) is 16.8 Å². The van der Waals surface area contributed by atoms with Crippen LogP contribution in [0.2, 0.25) is 0 Å². The minimum Gasteiger partial charge on any atom is -0.341 e.